The molecule has 3 N–H and O–H groups in total. The van der Waals surface area contributed by atoms with Crippen LogP contribution in [0, 0.1) is 0 Å². The largest absolute Gasteiger partial charge is 0.446 e. The third-order valence-corrected chi connectivity index (χ3v) is 6.33. The Kier molecular flexibility index (Phi) is 10.4. The van der Waals surface area contributed by atoms with Gasteiger partial charge in [-0.05, 0) is 43.9 Å². The highest BCUT2D eigenvalue weighted by atomic mass is 16.6. The topological polar surface area (TPSA) is 87.9 Å². The van der Waals surface area contributed by atoms with Gasteiger partial charge in [-0.1, -0.05) is 55.0 Å². The lowest BCUT2D eigenvalue weighted by Crippen LogP contribution is -2.42. The normalized spacial score (nSPS) is 14.5. The van der Waals surface area contributed by atoms with Crippen molar-refractivity contribution in [3.8, 4) is 11.1 Å². The summed E-state index contributed by atoms with van der Waals surface area (Å²) < 4.78 is 5.71. The Bertz CT molecular complexity index is 898. The number of amides is 2. The first-order valence-corrected chi connectivity index (χ1v) is 12.4. The summed E-state index contributed by atoms with van der Waals surface area (Å²) in [4.78, 5) is 28.9. The van der Waals surface area contributed by atoms with E-state index in [1.807, 2.05) is 66.5 Å². The number of para-hydroxylation sites is 1. The summed E-state index contributed by atoms with van der Waals surface area (Å²) in [5.41, 5.74) is 8.26. The fourth-order valence-corrected chi connectivity index (χ4v) is 4.21. The van der Waals surface area contributed by atoms with Crippen molar-refractivity contribution in [1.29, 1.82) is 0 Å². The molecule has 3 rings (SSSR count). The van der Waals surface area contributed by atoms with Gasteiger partial charge in [0.15, 0.2) is 0 Å². The van der Waals surface area contributed by atoms with Crippen LogP contribution in [0.5, 0.6) is 0 Å². The van der Waals surface area contributed by atoms with Gasteiger partial charge in [-0.3, -0.25) is 10.1 Å². The average molecular weight is 467 g/mol. The van der Waals surface area contributed by atoms with E-state index in [0.717, 1.165) is 75.1 Å². The first-order chi connectivity index (χ1) is 16.6. The number of benzene rings is 2. The molecule has 1 fully saturated rings. The van der Waals surface area contributed by atoms with Gasteiger partial charge < -0.3 is 20.3 Å². The van der Waals surface area contributed by atoms with Crippen molar-refractivity contribution in [3.05, 3.63) is 54.6 Å². The minimum Gasteiger partial charge on any atom is -0.446 e. The van der Waals surface area contributed by atoms with E-state index in [1.165, 1.54) is 0 Å². The number of nitrogens with two attached hydrogens (primary N) is 1. The summed E-state index contributed by atoms with van der Waals surface area (Å²) in [6.07, 6.45) is 4.56. The predicted octanol–water partition coefficient (Wildman–Crippen LogP) is 4.34. The number of carbonyl (C=O) groups is 2. The molecule has 1 saturated heterocycles. The Labute approximate surface area is 203 Å². The van der Waals surface area contributed by atoms with E-state index in [2.05, 4.69) is 10.2 Å². The number of unbranched alkanes of at least 4 members (excludes halogenated alkanes) is 2. The van der Waals surface area contributed by atoms with E-state index in [0.29, 0.717) is 13.0 Å². The maximum absolute atomic E-state index is 12.6. The minimum atomic E-state index is -0.415. The molecule has 2 aromatic carbocycles. The van der Waals surface area contributed by atoms with Crippen LogP contribution in [0.25, 0.3) is 11.1 Å². The van der Waals surface area contributed by atoms with Crippen molar-refractivity contribution in [3.63, 3.8) is 0 Å². The van der Waals surface area contributed by atoms with Gasteiger partial charge in [0, 0.05) is 45.2 Å². The molecule has 34 heavy (non-hydrogen) atoms. The van der Waals surface area contributed by atoms with Crippen molar-refractivity contribution in [2.24, 2.45) is 5.73 Å². The molecular weight excluding hydrogens is 428 g/mol. The molecule has 0 aromatic heterocycles. The maximum Gasteiger partial charge on any atom is 0.411 e. The quantitative estimate of drug-likeness (QED) is 0.481. The van der Waals surface area contributed by atoms with Crippen molar-refractivity contribution < 1.29 is 14.3 Å². The molecular formula is C27H38N4O3. The number of piperidine rings is 1. The smallest absolute Gasteiger partial charge is 0.411 e. The van der Waals surface area contributed by atoms with Gasteiger partial charge in [0.25, 0.3) is 0 Å². The van der Waals surface area contributed by atoms with E-state index in [-0.39, 0.29) is 12.0 Å². The third-order valence-electron chi connectivity index (χ3n) is 6.33. The van der Waals surface area contributed by atoms with Crippen molar-refractivity contribution >= 4 is 17.7 Å². The Hall–Kier alpha value is -2.90. The van der Waals surface area contributed by atoms with Crippen LogP contribution in [0.1, 0.15) is 38.5 Å². The molecule has 7 heteroatoms. The zero-order valence-electron chi connectivity index (χ0n) is 20.2. The molecule has 0 unspecified atom stereocenters. The fourth-order valence-electron chi connectivity index (χ4n) is 4.21. The number of ether oxygens (including phenoxy) is 1. The van der Waals surface area contributed by atoms with Crippen LogP contribution in [-0.4, -0.2) is 67.7 Å². The van der Waals surface area contributed by atoms with E-state index < -0.39 is 6.09 Å². The number of hydrogen-bond acceptors (Lipinski definition) is 5. The van der Waals surface area contributed by atoms with Crippen LogP contribution in [0.15, 0.2) is 54.6 Å². The molecule has 2 aromatic rings. The molecule has 1 aliphatic heterocycles. The van der Waals surface area contributed by atoms with E-state index in [4.69, 9.17) is 10.5 Å². The molecule has 0 radical (unpaired) electrons. The minimum absolute atomic E-state index is 0.0953. The molecule has 1 aliphatic rings. The summed E-state index contributed by atoms with van der Waals surface area (Å²) in [5, 5.41) is 2.92. The molecule has 1 heterocycles. The maximum atomic E-state index is 12.6. The second kappa shape index (κ2) is 13.7. The number of likely N-dealkylation sites (N-methyl/N-ethyl adjacent to an activating group) is 1. The molecule has 2 amide bonds. The van der Waals surface area contributed by atoms with Gasteiger partial charge in [0.05, 0.1) is 5.69 Å². The van der Waals surface area contributed by atoms with Crippen LogP contribution >= 0.6 is 0 Å². The monoisotopic (exact) mass is 466 g/mol. The van der Waals surface area contributed by atoms with E-state index in [1.54, 1.807) is 0 Å². The van der Waals surface area contributed by atoms with Gasteiger partial charge in [-0.15, -0.1) is 0 Å². The first-order valence-electron chi connectivity index (χ1n) is 12.4. The molecule has 7 nitrogen and oxygen atoms in total. The second-order valence-electron chi connectivity index (χ2n) is 8.90. The fraction of sp³-hybridized carbons (Fsp3) is 0.481. The molecule has 0 saturated carbocycles. The number of likely N-dealkylation sites (tertiary alicyclic amines) is 1. The van der Waals surface area contributed by atoms with Crippen LogP contribution in [0.2, 0.25) is 0 Å². The summed E-state index contributed by atoms with van der Waals surface area (Å²) in [7, 11) is 1.87. The third kappa shape index (κ3) is 8.15. The Balaban J connectivity index is 1.38. The average Bonchev–Trinajstić information content (AvgIpc) is 2.86. The van der Waals surface area contributed by atoms with Crippen molar-refractivity contribution in [2.75, 3.05) is 45.1 Å². The van der Waals surface area contributed by atoms with Gasteiger partial charge in [-0.2, -0.15) is 0 Å². The highest BCUT2D eigenvalue weighted by Crippen LogP contribution is 2.28. The molecule has 0 bridgehead atoms. The number of rotatable bonds is 11. The lowest BCUT2D eigenvalue weighted by atomic mass is 10.0. The van der Waals surface area contributed by atoms with Crippen molar-refractivity contribution in [1.82, 2.24) is 9.80 Å². The van der Waals surface area contributed by atoms with Crippen LogP contribution < -0.4 is 11.1 Å². The number of anilines is 1. The van der Waals surface area contributed by atoms with E-state index >= 15 is 0 Å². The standard InChI is InChI=1S/C27H38N4O3/c1-30(26(32)14-6-3-9-17-28)20-21-31-18-15-23(16-19-31)34-27(33)29-25-13-8-7-12-24(25)22-10-4-2-5-11-22/h2,4-5,7-8,10-13,23H,3,6,9,14-21,28H2,1H3,(H,29,33). The van der Waals surface area contributed by atoms with Gasteiger partial charge in [0.2, 0.25) is 5.91 Å². The van der Waals surface area contributed by atoms with Gasteiger partial charge in [0.1, 0.15) is 6.10 Å². The number of carbonyl (C=O) groups excluding carboxylic acids is 2. The summed E-state index contributed by atoms with van der Waals surface area (Å²) >= 11 is 0. The Morgan fingerprint density at radius 1 is 1.03 bits per heavy atom. The Morgan fingerprint density at radius 2 is 1.74 bits per heavy atom. The molecule has 0 spiro atoms. The predicted molar refractivity (Wildman–Crippen MR) is 137 cm³/mol. The summed E-state index contributed by atoms with van der Waals surface area (Å²) in [6, 6.07) is 17.7. The lowest BCUT2D eigenvalue weighted by Gasteiger charge is -2.32. The van der Waals surface area contributed by atoms with Gasteiger partial charge >= 0.3 is 6.09 Å². The lowest BCUT2D eigenvalue weighted by molar-refractivity contribution is -0.130. The van der Waals surface area contributed by atoms with E-state index in [9.17, 15) is 9.59 Å². The molecule has 0 aliphatic carbocycles. The van der Waals surface area contributed by atoms with Crippen LogP contribution in [0.3, 0.4) is 0 Å². The first kappa shape index (κ1) is 25.7. The summed E-state index contributed by atoms with van der Waals surface area (Å²) in [6.45, 7) is 3.97. The zero-order chi connectivity index (χ0) is 24.2. The number of nitrogens with one attached hydrogen (secondary N) is 1. The molecule has 184 valence electrons. The molecule has 0 atom stereocenters. The number of nitrogens with zero attached hydrogens (tertiary/aromatic N) is 2. The van der Waals surface area contributed by atoms with Crippen molar-refractivity contribution in [2.45, 2.75) is 44.6 Å². The zero-order valence-corrected chi connectivity index (χ0v) is 20.2. The highest BCUT2D eigenvalue weighted by molar-refractivity contribution is 5.91. The number of hydrogen-bond donors (Lipinski definition) is 2. The Morgan fingerprint density at radius 3 is 2.47 bits per heavy atom. The second-order valence-corrected chi connectivity index (χ2v) is 8.90. The SMILES string of the molecule is CN(CCN1CCC(OC(=O)Nc2ccccc2-c2ccccc2)CC1)C(=O)CCCCCN. The van der Waals surface area contributed by atoms with Crippen LogP contribution in [0.4, 0.5) is 10.5 Å². The highest BCUT2D eigenvalue weighted by Gasteiger charge is 2.23. The van der Waals surface area contributed by atoms with Gasteiger partial charge in [-0.25, -0.2) is 4.79 Å². The summed E-state index contributed by atoms with van der Waals surface area (Å²) in [5.74, 6) is 0.197. The van der Waals surface area contributed by atoms with Crippen LogP contribution in [-0.2, 0) is 9.53 Å².